The van der Waals surface area contributed by atoms with Gasteiger partial charge in [0.2, 0.25) is 5.91 Å². The van der Waals surface area contributed by atoms with Crippen molar-refractivity contribution in [3.05, 3.63) is 89.5 Å². The van der Waals surface area contributed by atoms with Crippen LogP contribution in [0.1, 0.15) is 27.9 Å². The monoisotopic (exact) mass is 432 g/mol. The van der Waals surface area contributed by atoms with Crippen molar-refractivity contribution in [2.45, 2.75) is 23.5 Å². The van der Waals surface area contributed by atoms with Crippen molar-refractivity contribution in [1.82, 2.24) is 5.32 Å². The van der Waals surface area contributed by atoms with Crippen LogP contribution in [-0.2, 0) is 17.0 Å². The molecule has 0 fully saturated rings. The number of amides is 2. The summed E-state index contributed by atoms with van der Waals surface area (Å²) in [5.74, 6) is 1.54. The van der Waals surface area contributed by atoms with Gasteiger partial charge in [-0.25, -0.2) is 0 Å². The van der Waals surface area contributed by atoms with Gasteiger partial charge in [-0.1, -0.05) is 30.3 Å². The van der Waals surface area contributed by atoms with Crippen LogP contribution >= 0.6 is 11.8 Å². The maximum Gasteiger partial charge on any atom is 0.251 e. The Hall–Kier alpha value is -3.25. The predicted octanol–water partition coefficient (Wildman–Crippen LogP) is 4.67. The molecule has 1 aliphatic rings. The van der Waals surface area contributed by atoms with Crippen molar-refractivity contribution in [2.75, 3.05) is 18.5 Å². The number of hydrogen-bond acceptors (Lipinski definition) is 4. The van der Waals surface area contributed by atoms with Crippen molar-refractivity contribution < 1.29 is 14.3 Å². The van der Waals surface area contributed by atoms with Crippen molar-refractivity contribution >= 4 is 29.3 Å². The number of carbonyl (C=O) groups excluding carboxylic acids is 2. The normalized spacial score (nSPS) is 12.6. The summed E-state index contributed by atoms with van der Waals surface area (Å²) in [5, 5.41) is 5.74. The highest BCUT2D eigenvalue weighted by Gasteiger charge is 2.15. The van der Waals surface area contributed by atoms with Crippen LogP contribution in [0.3, 0.4) is 0 Å². The van der Waals surface area contributed by atoms with Gasteiger partial charge in [0, 0.05) is 28.3 Å². The van der Waals surface area contributed by atoms with E-state index in [0.717, 1.165) is 29.2 Å². The molecule has 0 saturated heterocycles. The van der Waals surface area contributed by atoms with Crippen LogP contribution < -0.4 is 15.4 Å². The molecule has 0 radical (unpaired) electrons. The van der Waals surface area contributed by atoms with Crippen molar-refractivity contribution in [1.29, 1.82) is 0 Å². The highest BCUT2D eigenvalue weighted by Crippen LogP contribution is 2.26. The van der Waals surface area contributed by atoms with Gasteiger partial charge in [-0.05, 0) is 60.0 Å². The molecule has 2 N–H and O–H groups in total. The molecule has 1 heterocycles. The minimum absolute atomic E-state index is 0.0480. The summed E-state index contributed by atoms with van der Waals surface area (Å²) < 4.78 is 5.75. The van der Waals surface area contributed by atoms with Crippen LogP contribution in [-0.4, -0.2) is 25.0 Å². The van der Waals surface area contributed by atoms with Gasteiger partial charge in [0.25, 0.3) is 5.91 Å². The van der Waals surface area contributed by atoms with E-state index < -0.39 is 0 Å². The molecule has 0 unspecified atom stereocenters. The van der Waals surface area contributed by atoms with Gasteiger partial charge in [-0.2, -0.15) is 0 Å². The van der Waals surface area contributed by atoms with Crippen LogP contribution in [0, 0.1) is 0 Å². The van der Waals surface area contributed by atoms with Gasteiger partial charge in [0.05, 0.1) is 6.54 Å². The molecule has 4 rings (SSSR count). The Morgan fingerprint density at radius 1 is 1.00 bits per heavy atom. The zero-order valence-corrected chi connectivity index (χ0v) is 17.9. The SMILES string of the molecule is O=C1CCc2cc(OCCNC(=O)c3ccc(CSc4ccccc4)cc3)ccc2N1. The third-order valence-corrected chi connectivity index (χ3v) is 6.08. The lowest BCUT2D eigenvalue weighted by molar-refractivity contribution is -0.116. The highest BCUT2D eigenvalue weighted by molar-refractivity contribution is 7.98. The molecule has 0 saturated carbocycles. The van der Waals surface area contributed by atoms with E-state index in [0.29, 0.717) is 25.1 Å². The van der Waals surface area contributed by atoms with E-state index in [4.69, 9.17) is 4.74 Å². The Bertz CT molecular complexity index is 1050. The molecule has 158 valence electrons. The maximum absolute atomic E-state index is 12.4. The lowest BCUT2D eigenvalue weighted by atomic mass is 10.0. The van der Waals surface area contributed by atoms with Crippen LogP contribution in [0.4, 0.5) is 5.69 Å². The number of rotatable bonds is 8. The molecule has 2 amide bonds. The Morgan fingerprint density at radius 2 is 1.81 bits per heavy atom. The summed E-state index contributed by atoms with van der Waals surface area (Å²) >= 11 is 1.77. The molecule has 0 spiro atoms. The van der Waals surface area contributed by atoms with Gasteiger partial charge in [0.1, 0.15) is 12.4 Å². The Kier molecular flexibility index (Phi) is 6.89. The Morgan fingerprint density at radius 3 is 2.61 bits per heavy atom. The molecular weight excluding hydrogens is 408 g/mol. The van der Waals surface area contributed by atoms with Crippen molar-refractivity contribution in [3.63, 3.8) is 0 Å². The van der Waals surface area contributed by atoms with Crippen molar-refractivity contribution in [3.8, 4) is 5.75 Å². The maximum atomic E-state index is 12.4. The second-order valence-electron chi connectivity index (χ2n) is 7.27. The molecular formula is C25H24N2O3S. The smallest absolute Gasteiger partial charge is 0.251 e. The highest BCUT2D eigenvalue weighted by atomic mass is 32.2. The minimum Gasteiger partial charge on any atom is -0.492 e. The first-order valence-electron chi connectivity index (χ1n) is 10.3. The van der Waals surface area contributed by atoms with Gasteiger partial charge in [-0.3, -0.25) is 9.59 Å². The first kappa shape index (κ1) is 21.0. The van der Waals surface area contributed by atoms with E-state index in [2.05, 4.69) is 22.8 Å². The van der Waals surface area contributed by atoms with Crippen LogP contribution in [0.15, 0.2) is 77.7 Å². The molecule has 0 aromatic heterocycles. The summed E-state index contributed by atoms with van der Waals surface area (Å²) in [6.07, 6.45) is 1.21. The number of hydrogen-bond donors (Lipinski definition) is 2. The van der Waals surface area contributed by atoms with Crippen LogP contribution in [0.25, 0.3) is 0 Å². The Labute approximate surface area is 186 Å². The number of benzene rings is 3. The van der Waals surface area contributed by atoms with Gasteiger partial charge < -0.3 is 15.4 Å². The third-order valence-electron chi connectivity index (χ3n) is 4.99. The first-order chi connectivity index (χ1) is 15.2. The molecule has 0 aliphatic carbocycles. The van der Waals surface area contributed by atoms with Crippen LogP contribution in [0.2, 0.25) is 0 Å². The molecule has 3 aromatic carbocycles. The fourth-order valence-electron chi connectivity index (χ4n) is 3.32. The fraction of sp³-hybridized carbons (Fsp3) is 0.200. The lowest BCUT2D eigenvalue weighted by Gasteiger charge is -2.17. The summed E-state index contributed by atoms with van der Waals surface area (Å²) in [6.45, 7) is 0.793. The number of carbonyl (C=O) groups is 2. The molecule has 0 atom stereocenters. The zero-order chi connectivity index (χ0) is 21.5. The van der Waals surface area contributed by atoms with Gasteiger partial charge in [-0.15, -0.1) is 11.8 Å². The van der Waals surface area contributed by atoms with E-state index in [1.807, 2.05) is 60.7 Å². The number of ether oxygens (including phenoxy) is 1. The summed E-state index contributed by atoms with van der Waals surface area (Å²) in [6, 6.07) is 23.6. The minimum atomic E-state index is -0.112. The largest absolute Gasteiger partial charge is 0.492 e. The molecule has 5 nitrogen and oxygen atoms in total. The molecule has 6 heteroatoms. The third kappa shape index (κ3) is 5.89. The summed E-state index contributed by atoms with van der Waals surface area (Å²) in [7, 11) is 0. The number of anilines is 1. The molecule has 1 aliphatic heterocycles. The first-order valence-corrected chi connectivity index (χ1v) is 11.3. The second-order valence-corrected chi connectivity index (χ2v) is 8.32. The average Bonchev–Trinajstić information content (AvgIpc) is 2.81. The number of nitrogens with one attached hydrogen (secondary N) is 2. The zero-order valence-electron chi connectivity index (χ0n) is 17.1. The van der Waals surface area contributed by atoms with E-state index in [-0.39, 0.29) is 11.8 Å². The van der Waals surface area contributed by atoms with Crippen molar-refractivity contribution in [2.24, 2.45) is 0 Å². The number of thioether (sulfide) groups is 1. The second kappa shape index (κ2) is 10.2. The number of aryl methyl sites for hydroxylation is 1. The van der Waals surface area contributed by atoms with Gasteiger partial charge in [0.15, 0.2) is 0 Å². The Balaban J connectivity index is 1.20. The van der Waals surface area contributed by atoms with E-state index in [1.54, 1.807) is 11.8 Å². The van der Waals surface area contributed by atoms with E-state index >= 15 is 0 Å². The quantitative estimate of drug-likeness (QED) is 0.401. The predicted molar refractivity (Wildman–Crippen MR) is 124 cm³/mol. The summed E-state index contributed by atoms with van der Waals surface area (Å²) in [4.78, 5) is 25.0. The standard InChI is InChI=1S/C25H24N2O3S/c28-24-13-10-20-16-21(11-12-23(20)27-24)30-15-14-26-25(29)19-8-6-18(7-9-19)17-31-22-4-2-1-3-5-22/h1-9,11-12,16H,10,13-15,17H2,(H,26,29)(H,27,28). The average molecular weight is 433 g/mol. The molecule has 31 heavy (non-hydrogen) atoms. The van der Waals surface area contributed by atoms with E-state index in [1.165, 1.54) is 10.5 Å². The van der Waals surface area contributed by atoms with Crippen LogP contribution in [0.5, 0.6) is 5.75 Å². The van der Waals surface area contributed by atoms with Gasteiger partial charge >= 0.3 is 0 Å². The summed E-state index contributed by atoms with van der Waals surface area (Å²) in [5.41, 5.74) is 3.74. The topological polar surface area (TPSA) is 67.4 Å². The molecule has 3 aromatic rings. The molecule has 0 bridgehead atoms. The fourth-order valence-corrected chi connectivity index (χ4v) is 4.20. The number of fused-ring (bicyclic) bond motifs is 1. The van der Waals surface area contributed by atoms with E-state index in [9.17, 15) is 9.59 Å². The lowest BCUT2D eigenvalue weighted by Crippen LogP contribution is -2.28.